The van der Waals surface area contributed by atoms with E-state index in [1.165, 1.54) is 0 Å². The molecule has 128 valence electrons. The number of urea groups is 1. The highest BCUT2D eigenvalue weighted by molar-refractivity contribution is 5.89. The number of nitrogens with one attached hydrogen (secondary N) is 3. The number of halogens is 2. The van der Waals surface area contributed by atoms with Gasteiger partial charge in [-0.3, -0.25) is 0 Å². The first-order chi connectivity index (χ1) is 11.5. The Balaban J connectivity index is 1.95. The minimum absolute atomic E-state index is 0.00799. The van der Waals surface area contributed by atoms with Crippen LogP contribution >= 0.6 is 0 Å². The predicted octanol–water partition coefficient (Wildman–Crippen LogP) is 3.12. The van der Waals surface area contributed by atoms with Crippen molar-refractivity contribution in [2.45, 2.75) is 13.5 Å². The van der Waals surface area contributed by atoms with Gasteiger partial charge in [-0.25, -0.2) is 18.6 Å². The van der Waals surface area contributed by atoms with Gasteiger partial charge in [-0.05, 0) is 24.6 Å². The lowest BCUT2D eigenvalue weighted by Crippen LogP contribution is -2.28. The highest BCUT2D eigenvalue weighted by Crippen LogP contribution is 2.25. The molecule has 0 radical (unpaired) electrons. The van der Waals surface area contributed by atoms with Gasteiger partial charge < -0.3 is 20.7 Å². The number of carbonyl (C=O) groups excluding carboxylic acids is 1. The van der Waals surface area contributed by atoms with Crippen LogP contribution in [0.2, 0.25) is 0 Å². The Kier molecular flexibility index (Phi) is 5.89. The fourth-order valence-electron chi connectivity index (χ4n) is 2.05. The molecular formula is C16H18F2N4O2. The first-order valence-electron chi connectivity index (χ1n) is 7.30. The zero-order valence-electron chi connectivity index (χ0n) is 13.3. The molecule has 2 aromatic rings. The zero-order chi connectivity index (χ0) is 17.5. The summed E-state index contributed by atoms with van der Waals surface area (Å²) >= 11 is 0. The van der Waals surface area contributed by atoms with E-state index in [-0.39, 0.29) is 12.2 Å². The highest BCUT2D eigenvalue weighted by atomic mass is 19.1. The molecule has 0 saturated heterocycles. The Hall–Kier alpha value is -2.90. The third-order valence-electron chi connectivity index (χ3n) is 3.10. The van der Waals surface area contributed by atoms with Crippen LogP contribution in [0.4, 0.5) is 25.1 Å². The summed E-state index contributed by atoms with van der Waals surface area (Å²) in [6.07, 6.45) is 1.63. The molecule has 1 aromatic carbocycles. The third-order valence-corrected chi connectivity index (χ3v) is 3.10. The monoisotopic (exact) mass is 336 g/mol. The number of hydrogen-bond acceptors (Lipinski definition) is 4. The molecule has 0 saturated carbocycles. The molecule has 6 nitrogen and oxygen atoms in total. The molecular weight excluding hydrogens is 318 g/mol. The lowest BCUT2D eigenvalue weighted by Gasteiger charge is -2.10. The number of pyridine rings is 1. The molecule has 0 fully saturated rings. The normalized spacial score (nSPS) is 10.2. The van der Waals surface area contributed by atoms with Gasteiger partial charge in [0.15, 0.2) is 17.4 Å². The van der Waals surface area contributed by atoms with E-state index in [4.69, 9.17) is 0 Å². The van der Waals surface area contributed by atoms with Crippen LogP contribution in [-0.4, -0.2) is 24.7 Å². The van der Waals surface area contributed by atoms with Crippen LogP contribution in [-0.2, 0) is 6.54 Å². The van der Waals surface area contributed by atoms with E-state index in [0.717, 1.165) is 31.4 Å². The summed E-state index contributed by atoms with van der Waals surface area (Å²) in [5, 5.41) is 8.03. The predicted molar refractivity (Wildman–Crippen MR) is 87.2 cm³/mol. The Bertz CT molecular complexity index is 702. The summed E-state index contributed by atoms with van der Waals surface area (Å²) in [6, 6.07) is 4.94. The maximum atomic E-state index is 13.6. The van der Waals surface area contributed by atoms with Gasteiger partial charge in [0.05, 0.1) is 7.11 Å². The molecule has 24 heavy (non-hydrogen) atoms. The van der Waals surface area contributed by atoms with Crippen LogP contribution in [0.5, 0.6) is 5.75 Å². The number of hydrogen-bond donors (Lipinski definition) is 3. The van der Waals surface area contributed by atoms with Crippen LogP contribution in [0.1, 0.15) is 12.5 Å². The first kappa shape index (κ1) is 17.5. The summed E-state index contributed by atoms with van der Waals surface area (Å²) in [5.41, 5.74) is 0.828. The number of nitrogens with zero attached hydrogens (tertiary/aromatic N) is 1. The number of methoxy groups -OCH3 is 1. The van der Waals surface area contributed by atoms with E-state index in [0.29, 0.717) is 5.82 Å². The van der Waals surface area contributed by atoms with E-state index in [1.807, 2.05) is 6.92 Å². The highest BCUT2D eigenvalue weighted by Gasteiger charge is 2.12. The van der Waals surface area contributed by atoms with Crippen molar-refractivity contribution in [1.29, 1.82) is 0 Å². The van der Waals surface area contributed by atoms with Crippen molar-refractivity contribution in [2.75, 3.05) is 24.3 Å². The molecule has 0 aliphatic heterocycles. The SMILES string of the molecule is CCNc1cc(CNC(=O)Nc2cc(F)c(OC)c(F)c2)ccn1. The Labute approximate surface area is 138 Å². The second-order valence-corrected chi connectivity index (χ2v) is 4.86. The van der Waals surface area contributed by atoms with Crippen molar-refractivity contribution in [3.8, 4) is 5.75 Å². The summed E-state index contributed by atoms with van der Waals surface area (Å²) in [7, 11) is 1.16. The van der Waals surface area contributed by atoms with Crippen molar-refractivity contribution in [1.82, 2.24) is 10.3 Å². The van der Waals surface area contributed by atoms with E-state index in [9.17, 15) is 13.6 Å². The van der Waals surface area contributed by atoms with E-state index in [2.05, 4.69) is 25.7 Å². The Morgan fingerprint density at radius 1 is 1.25 bits per heavy atom. The number of ether oxygens (including phenoxy) is 1. The molecule has 2 rings (SSSR count). The van der Waals surface area contributed by atoms with Crippen molar-refractivity contribution in [3.05, 3.63) is 47.7 Å². The maximum Gasteiger partial charge on any atom is 0.319 e. The van der Waals surface area contributed by atoms with Gasteiger partial charge in [-0.1, -0.05) is 0 Å². The van der Waals surface area contributed by atoms with Gasteiger partial charge in [0.1, 0.15) is 5.82 Å². The number of anilines is 2. The first-order valence-corrected chi connectivity index (χ1v) is 7.30. The number of benzene rings is 1. The average Bonchev–Trinajstić information content (AvgIpc) is 2.53. The number of carbonyl (C=O) groups is 1. The van der Waals surface area contributed by atoms with Crippen LogP contribution in [0.15, 0.2) is 30.5 Å². The fourth-order valence-corrected chi connectivity index (χ4v) is 2.05. The number of aromatic nitrogens is 1. The molecule has 0 spiro atoms. The second-order valence-electron chi connectivity index (χ2n) is 4.86. The summed E-state index contributed by atoms with van der Waals surface area (Å²) in [4.78, 5) is 16.0. The maximum absolute atomic E-state index is 13.6. The molecule has 0 unspecified atom stereocenters. The quantitative estimate of drug-likeness (QED) is 0.758. The lowest BCUT2D eigenvalue weighted by atomic mass is 10.2. The largest absolute Gasteiger partial charge is 0.491 e. The van der Waals surface area contributed by atoms with Crippen LogP contribution in [0, 0.1) is 11.6 Å². The van der Waals surface area contributed by atoms with E-state index >= 15 is 0 Å². The van der Waals surface area contributed by atoms with Crippen molar-refractivity contribution >= 4 is 17.5 Å². The summed E-state index contributed by atoms with van der Waals surface area (Å²) in [6.45, 7) is 2.93. The van der Waals surface area contributed by atoms with Crippen molar-refractivity contribution < 1.29 is 18.3 Å². The smallest absolute Gasteiger partial charge is 0.319 e. The lowest BCUT2D eigenvalue weighted by molar-refractivity contribution is 0.251. The van der Waals surface area contributed by atoms with Crippen LogP contribution in [0.25, 0.3) is 0 Å². The molecule has 8 heteroatoms. The third kappa shape index (κ3) is 4.55. The topological polar surface area (TPSA) is 75.3 Å². The molecule has 0 atom stereocenters. The van der Waals surface area contributed by atoms with Gasteiger partial charge in [0, 0.05) is 37.1 Å². The van der Waals surface area contributed by atoms with E-state index in [1.54, 1.807) is 18.3 Å². The van der Waals surface area contributed by atoms with Crippen LogP contribution < -0.4 is 20.7 Å². The van der Waals surface area contributed by atoms with E-state index < -0.39 is 23.4 Å². The van der Waals surface area contributed by atoms with Gasteiger partial charge in [-0.15, -0.1) is 0 Å². The summed E-state index contributed by atoms with van der Waals surface area (Å²) < 4.78 is 31.7. The zero-order valence-corrected chi connectivity index (χ0v) is 13.3. The van der Waals surface area contributed by atoms with Crippen molar-refractivity contribution in [2.24, 2.45) is 0 Å². The number of rotatable bonds is 6. The molecule has 0 aliphatic carbocycles. The molecule has 1 aromatic heterocycles. The molecule has 0 aliphatic rings. The number of amides is 2. The molecule has 0 bridgehead atoms. The molecule has 1 heterocycles. The van der Waals surface area contributed by atoms with Gasteiger partial charge >= 0.3 is 6.03 Å². The van der Waals surface area contributed by atoms with Crippen molar-refractivity contribution in [3.63, 3.8) is 0 Å². The average molecular weight is 336 g/mol. The molecule has 3 N–H and O–H groups in total. The minimum atomic E-state index is -0.891. The van der Waals surface area contributed by atoms with Gasteiger partial charge in [-0.2, -0.15) is 0 Å². The minimum Gasteiger partial charge on any atom is -0.491 e. The molecule has 2 amide bonds. The van der Waals surface area contributed by atoms with Gasteiger partial charge in [0.2, 0.25) is 0 Å². The van der Waals surface area contributed by atoms with Crippen LogP contribution in [0.3, 0.4) is 0 Å². The second kappa shape index (κ2) is 8.09. The fraction of sp³-hybridized carbons (Fsp3) is 0.250. The Morgan fingerprint density at radius 2 is 1.96 bits per heavy atom. The Morgan fingerprint density at radius 3 is 2.58 bits per heavy atom. The van der Waals surface area contributed by atoms with Gasteiger partial charge in [0.25, 0.3) is 0 Å². The standard InChI is InChI=1S/C16H18F2N4O2/c1-3-19-14-6-10(4-5-20-14)9-21-16(23)22-11-7-12(17)15(24-2)13(18)8-11/h4-8H,3,9H2,1-2H3,(H,19,20)(H2,21,22,23). The summed E-state index contributed by atoms with van der Waals surface area (Å²) in [5.74, 6) is -1.57.